The van der Waals surface area contributed by atoms with Crippen LogP contribution in [0.15, 0.2) is 64.6 Å². The summed E-state index contributed by atoms with van der Waals surface area (Å²) < 4.78 is 0. The number of thiazole rings is 1. The minimum absolute atomic E-state index is 0.107. The first-order chi connectivity index (χ1) is 13.6. The van der Waals surface area contributed by atoms with Crippen LogP contribution in [0.5, 0.6) is 0 Å². The summed E-state index contributed by atoms with van der Waals surface area (Å²) in [6.45, 7) is 1.94. The number of benzene rings is 1. The second-order valence-corrected chi connectivity index (χ2v) is 7.69. The van der Waals surface area contributed by atoms with E-state index in [0.717, 1.165) is 46.1 Å². The molecule has 0 saturated heterocycles. The Labute approximate surface area is 168 Å². The lowest BCUT2D eigenvalue weighted by Gasteiger charge is -2.28. The molecule has 142 valence electrons. The summed E-state index contributed by atoms with van der Waals surface area (Å²) in [5.41, 5.74) is 6.23. The zero-order valence-corrected chi connectivity index (χ0v) is 16.7. The zero-order chi connectivity index (χ0) is 19.5. The normalized spacial score (nSPS) is 20.8. The summed E-state index contributed by atoms with van der Waals surface area (Å²) >= 11 is 1.61. The van der Waals surface area contributed by atoms with Crippen molar-refractivity contribution in [2.24, 2.45) is 4.99 Å². The fraction of sp³-hybridized carbons (Fsp3) is 0.227. The van der Waals surface area contributed by atoms with E-state index in [4.69, 9.17) is 4.98 Å². The Morgan fingerprint density at radius 3 is 2.79 bits per heavy atom. The van der Waals surface area contributed by atoms with Crippen molar-refractivity contribution in [3.05, 3.63) is 75.9 Å². The molecule has 1 aromatic heterocycles. The SMILES string of the molecule is CN=C1C=CC(c2csc(C3=C(C)NC(=O)NC3Cc3ccccc3)n2)=CC1. The maximum Gasteiger partial charge on any atom is 0.319 e. The van der Waals surface area contributed by atoms with Crippen LogP contribution in [-0.2, 0) is 6.42 Å². The third kappa shape index (κ3) is 3.82. The summed E-state index contributed by atoms with van der Waals surface area (Å²) in [5.74, 6) is 0. The lowest BCUT2D eigenvalue weighted by Crippen LogP contribution is -2.48. The van der Waals surface area contributed by atoms with Crippen LogP contribution in [0.25, 0.3) is 11.1 Å². The van der Waals surface area contributed by atoms with Crippen LogP contribution in [0.1, 0.15) is 29.6 Å². The molecule has 1 aliphatic heterocycles. The van der Waals surface area contributed by atoms with Gasteiger partial charge in [-0.15, -0.1) is 11.3 Å². The van der Waals surface area contributed by atoms with Crippen molar-refractivity contribution >= 4 is 34.2 Å². The minimum atomic E-state index is -0.164. The number of nitrogens with zero attached hydrogens (tertiary/aromatic N) is 2. The Morgan fingerprint density at radius 1 is 1.25 bits per heavy atom. The standard InChI is InChI=1S/C22H22N4OS/c1-14-20(18(26-22(27)24-14)12-15-6-4-3-5-7-15)21-25-19(13-28-21)16-8-10-17(23-2)11-9-16/h3-10,13,18H,11-12H2,1-2H3,(H2,24,26,27). The van der Waals surface area contributed by atoms with Crippen molar-refractivity contribution in [1.29, 1.82) is 0 Å². The molecular weight excluding hydrogens is 368 g/mol. The average molecular weight is 391 g/mol. The molecule has 2 heterocycles. The first-order valence-electron chi connectivity index (χ1n) is 9.26. The summed E-state index contributed by atoms with van der Waals surface area (Å²) in [7, 11) is 1.81. The van der Waals surface area contributed by atoms with E-state index in [9.17, 15) is 4.79 Å². The lowest BCUT2D eigenvalue weighted by molar-refractivity contribution is 0.240. The van der Waals surface area contributed by atoms with E-state index in [2.05, 4.69) is 45.3 Å². The van der Waals surface area contributed by atoms with Gasteiger partial charge in [0.1, 0.15) is 5.01 Å². The van der Waals surface area contributed by atoms with Gasteiger partial charge < -0.3 is 10.6 Å². The molecule has 2 N–H and O–H groups in total. The molecule has 28 heavy (non-hydrogen) atoms. The van der Waals surface area contributed by atoms with E-state index in [1.165, 1.54) is 5.56 Å². The zero-order valence-electron chi connectivity index (χ0n) is 15.9. The fourth-order valence-electron chi connectivity index (χ4n) is 3.50. The van der Waals surface area contributed by atoms with E-state index >= 15 is 0 Å². The topological polar surface area (TPSA) is 66.4 Å². The minimum Gasteiger partial charge on any atom is -0.331 e. The Kier molecular flexibility index (Phi) is 5.21. The Bertz CT molecular complexity index is 1010. The van der Waals surface area contributed by atoms with Crippen molar-refractivity contribution < 1.29 is 4.79 Å². The molecule has 1 aliphatic carbocycles. The van der Waals surface area contributed by atoms with Gasteiger partial charge in [-0.1, -0.05) is 42.5 Å². The molecule has 0 spiro atoms. The second-order valence-electron chi connectivity index (χ2n) is 6.83. The predicted octanol–water partition coefficient (Wildman–Crippen LogP) is 4.21. The van der Waals surface area contributed by atoms with Crippen molar-refractivity contribution in [1.82, 2.24) is 15.6 Å². The number of carbonyl (C=O) groups is 1. The van der Waals surface area contributed by atoms with Crippen LogP contribution < -0.4 is 10.6 Å². The average Bonchev–Trinajstić information content (AvgIpc) is 3.18. The van der Waals surface area contributed by atoms with Gasteiger partial charge in [0.2, 0.25) is 0 Å². The molecule has 5 nitrogen and oxygen atoms in total. The number of urea groups is 1. The molecule has 2 aliphatic rings. The number of hydrogen-bond acceptors (Lipinski definition) is 4. The molecule has 0 fully saturated rings. The van der Waals surface area contributed by atoms with Gasteiger partial charge in [-0.05, 0) is 30.6 Å². The summed E-state index contributed by atoms with van der Waals surface area (Å²) in [5, 5.41) is 8.97. The molecule has 0 radical (unpaired) electrons. The molecule has 1 aromatic carbocycles. The van der Waals surface area contributed by atoms with Crippen LogP contribution in [0.3, 0.4) is 0 Å². The Balaban J connectivity index is 1.63. The van der Waals surface area contributed by atoms with Gasteiger partial charge in [0.15, 0.2) is 0 Å². The predicted molar refractivity (Wildman–Crippen MR) is 115 cm³/mol. The van der Waals surface area contributed by atoms with Gasteiger partial charge in [-0.25, -0.2) is 9.78 Å². The van der Waals surface area contributed by atoms with Gasteiger partial charge in [0, 0.05) is 35.8 Å². The number of nitrogens with one attached hydrogen (secondary N) is 2. The quantitative estimate of drug-likeness (QED) is 0.821. The monoisotopic (exact) mass is 390 g/mol. The van der Waals surface area contributed by atoms with Crippen LogP contribution in [-0.4, -0.2) is 29.8 Å². The van der Waals surface area contributed by atoms with Crippen LogP contribution in [0.2, 0.25) is 0 Å². The van der Waals surface area contributed by atoms with Gasteiger partial charge in [0.05, 0.1) is 11.7 Å². The molecule has 0 saturated carbocycles. The van der Waals surface area contributed by atoms with E-state index in [1.54, 1.807) is 11.3 Å². The molecule has 2 aromatic rings. The van der Waals surface area contributed by atoms with Gasteiger partial charge in [-0.2, -0.15) is 0 Å². The lowest BCUT2D eigenvalue weighted by atomic mass is 9.96. The summed E-state index contributed by atoms with van der Waals surface area (Å²) in [6, 6.07) is 9.93. The number of hydrogen-bond donors (Lipinski definition) is 2. The number of aromatic nitrogens is 1. The van der Waals surface area contributed by atoms with E-state index in [-0.39, 0.29) is 12.1 Å². The van der Waals surface area contributed by atoms with Crippen molar-refractivity contribution in [2.45, 2.75) is 25.8 Å². The molecule has 1 atom stereocenters. The van der Waals surface area contributed by atoms with Crippen LogP contribution in [0, 0.1) is 0 Å². The Hall–Kier alpha value is -2.99. The van der Waals surface area contributed by atoms with Crippen LogP contribution in [0.4, 0.5) is 4.79 Å². The van der Waals surface area contributed by atoms with Crippen molar-refractivity contribution in [3.8, 4) is 0 Å². The fourth-order valence-corrected chi connectivity index (χ4v) is 4.49. The van der Waals surface area contributed by atoms with E-state index < -0.39 is 0 Å². The maximum absolute atomic E-state index is 12.1. The largest absolute Gasteiger partial charge is 0.331 e. The smallest absolute Gasteiger partial charge is 0.319 e. The molecule has 4 rings (SSSR count). The summed E-state index contributed by atoms with van der Waals surface area (Å²) in [6.07, 6.45) is 7.82. The highest BCUT2D eigenvalue weighted by Gasteiger charge is 2.28. The molecule has 1 unspecified atom stereocenters. The van der Waals surface area contributed by atoms with Gasteiger partial charge >= 0.3 is 6.03 Å². The van der Waals surface area contributed by atoms with Crippen LogP contribution >= 0.6 is 11.3 Å². The third-order valence-electron chi connectivity index (χ3n) is 4.95. The number of rotatable bonds is 4. The molecule has 2 amide bonds. The van der Waals surface area contributed by atoms with E-state index in [0.29, 0.717) is 0 Å². The molecule has 6 heteroatoms. The number of amides is 2. The van der Waals surface area contributed by atoms with E-state index in [1.807, 2.05) is 38.2 Å². The van der Waals surface area contributed by atoms with Crippen molar-refractivity contribution in [2.75, 3.05) is 7.05 Å². The van der Waals surface area contributed by atoms with Gasteiger partial charge in [0.25, 0.3) is 0 Å². The molecular formula is C22H22N4OS. The number of carbonyl (C=O) groups excluding carboxylic acids is 1. The highest BCUT2D eigenvalue weighted by atomic mass is 32.1. The number of allylic oxidation sites excluding steroid dienone is 5. The second kappa shape index (κ2) is 7.94. The molecule has 0 bridgehead atoms. The third-order valence-corrected chi connectivity index (χ3v) is 5.82. The van der Waals surface area contributed by atoms with Gasteiger partial charge in [-0.3, -0.25) is 4.99 Å². The number of aliphatic imine (C=N–C) groups is 1. The highest BCUT2D eigenvalue weighted by Crippen LogP contribution is 2.31. The Morgan fingerprint density at radius 2 is 2.07 bits per heavy atom. The maximum atomic E-state index is 12.1. The van der Waals surface area contributed by atoms with Crippen molar-refractivity contribution in [3.63, 3.8) is 0 Å². The first-order valence-corrected chi connectivity index (χ1v) is 10.1. The first kappa shape index (κ1) is 18.4. The highest BCUT2D eigenvalue weighted by molar-refractivity contribution is 7.11. The summed E-state index contributed by atoms with van der Waals surface area (Å²) in [4.78, 5) is 21.2.